The number of phenolic OH excluding ortho intramolecular Hbond substituents is 1. The summed E-state index contributed by atoms with van der Waals surface area (Å²) in [5, 5.41) is 12.0. The fourth-order valence-corrected chi connectivity index (χ4v) is 2.95. The van der Waals surface area contributed by atoms with Crippen LogP contribution in [0.3, 0.4) is 0 Å². The molecule has 1 aliphatic rings. The van der Waals surface area contributed by atoms with Crippen LogP contribution in [0.15, 0.2) is 48.5 Å². The van der Waals surface area contributed by atoms with Gasteiger partial charge in [0.2, 0.25) is 0 Å². The molecule has 1 aliphatic heterocycles. The molecular formula is C19H21N3O4. The number of carbonyl (C=O) groups excluding carboxylic acids is 2. The summed E-state index contributed by atoms with van der Waals surface area (Å²) in [7, 11) is 0. The van der Waals surface area contributed by atoms with Gasteiger partial charge < -0.3 is 25.8 Å². The zero-order chi connectivity index (χ0) is 18.5. The maximum Gasteiger partial charge on any atom is 0.316 e. The Hall–Kier alpha value is -3.22. The first-order valence-corrected chi connectivity index (χ1v) is 8.43. The van der Waals surface area contributed by atoms with Gasteiger partial charge in [-0.05, 0) is 36.4 Å². The van der Waals surface area contributed by atoms with E-state index in [-0.39, 0.29) is 17.8 Å². The van der Waals surface area contributed by atoms with Gasteiger partial charge in [-0.15, -0.1) is 0 Å². The summed E-state index contributed by atoms with van der Waals surface area (Å²) in [6.45, 7) is 1.20. The normalized spacial score (nSPS) is 14.7. The predicted octanol–water partition coefficient (Wildman–Crippen LogP) is 2.57. The van der Waals surface area contributed by atoms with E-state index in [1.54, 1.807) is 53.4 Å². The van der Waals surface area contributed by atoms with Crippen molar-refractivity contribution < 1.29 is 19.4 Å². The number of anilines is 1. The number of carbonyl (C=O) groups is 2. The van der Waals surface area contributed by atoms with Crippen LogP contribution >= 0.6 is 0 Å². The van der Waals surface area contributed by atoms with Crippen molar-refractivity contribution in [2.24, 2.45) is 5.73 Å². The summed E-state index contributed by atoms with van der Waals surface area (Å²) in [5.41, 5.74) is 6.18. The van der Waals surface area contributed by atoms with E-state index in [9.17, 15) is 14.7 Å². The van der Waals surface area contributed by atoms with E-state index in [0.29, 0.717) is 30.1 Å². The maximum absolute atomic E-state index is 12.6. The molecule has 0 spiro atoms. The number of hydrogen-bond acceptors (Lipinski definition) is 4. The average Bonchev–Trinajstić information content (AvgIpc) is 2.62. The number of benzene rings is 2. The number of phenols is 1. The molecule has 26 heavy (non-hydrogen) atoms. The molecule has 3 amide bonds. The van der Waals surface area contributed by atoms with E-state index in [1.165, 1.54) is 0 Å². The van der Waals surface area contributed by atoms with Crippen molar-refractivity contribution in [2.75, 3.05) is 18.4 Å². The number of hydrogen-bond donors (Lipinski definition) is 3. The highest BCUT2D eigenvalue weighted by Gasteiger charge is 2.24. The molecule has 7 heteroatoms. The van der Waals surface area contributed by atoms with E-state index in [0.717, 1.165) is 12.8 Å². The number of nitrogens with zero attached hydrogens (tertiary/aromatic N) is 1. The number of ether oxygens (including phenoxy) is 1. The van der Waals surface area contributed by atoms with Gasteiger partial charge in [-0.2, -0.15) is 0 Å². The number of nitrogens with one attached hydrogen (secondary N) is 1. The van der Waals surface area contributed by atoms with Crippen LogP contribution in [0.5, 0.6) is 11.5 Å². The second kappa shape index (κ2) is 7.77. The summed E-state index contributed by atoms with van der Waals surface area (Å²) in [4.78, 5) is 25.2. The van der Waals surface area contributed by atoms with Crippen molar-refractivity contribution >= 4 is 17.6 Å². The summed E-state index contributed by atoms with van der Waals surface area (Å²) < 4.78 is 5.87. The monoisotopic (exact) mass is 355 g/mol. The fraction of sp³-hybridized carbons (Fsp3) is 0.263. The predicted molar refractivity (Wildman–Crippen MR) is 97.3 cm³/mol. The Kier molecular flexibility index (Phi) is 5.26. The Morgan fingerprint density at radius 2 is 1.81 bits per heavy atom. The third-order valence-corrected chi connectivity index (χ3v) is 4.25. The Labute approximate surface area is 151 Å². The number of piperidine rings is 1. The molecule has 3 rings (SSSR count). The lowest BCUT2D eigenvalue weighted by molar-refractivity contribution is 0.0595. The van der Waals surface area contributed by atoms with Crippen molar-refractivity contribution in [1.29, 1.82) is 0 Å². The molecular weight excluding hydrogens is 334 g/mol. The molecule has 0 unspecified atom stereocenters. The number of aromatic hydroxyl groups is 1. The number of nitrogens with two attached hydrogens (primary N) is 1. The Bertz CT molecular complexity index is 784. The van der Waals surface area contributed by atoms with E-state index < -0.39 is 6.03 Å². The van der Waals surface area contributed by atoms with Gasteiger partial charge in [0, 0.05) is 43.2 Å². The average molecular weight is 355 g/mol. The van der Waals surface area contributed by atoms with Gasteiger partial charge in [-0.25, -0.2) is 4.79 Å². The third-order valence-electron chi connectivity index (χ3n) is 4.25. The van der Waals surface area contributed by atoms with E-state index in [4.69, 9.17) is 10.5 Å². The van der Waals surface area contributed by atoms with E-state index in [1.807, 2.05) is 0 Å². The molecule has 136 valence electrons. The molecule has 0 atom stereocenters. The quantitative estimate of drug-likeness (QED) is 0.784. The third kappa shape index (κ3) is 4.44. The maximum atomic E-state index is 12.6. The first-order valence-electron chi connectivity index (χ1n) is 8.43. The lowest BCUT2D eigenvalue weighted by Gasteiger charge is -2.32. The summed E-state index contributed by atoms with van der Waals surface area (Å²) in [5.74, 6) is 0.753. The van der Waals surface area contributed by atoms with Crippen LogP contribution in [0, 0.1) is 0 Å². The van der Waals surface area contributed by atoms with Crippen molar-refractivity contribution in [3.8, 4) is 11.5 Å². The number of amides is 3. The lowest BCUT2D eigenvalue weighted by atomic mass is 10.1. The number of urea groups is 1. The second-order valence-electron chi connectivity index (χ2n) is 6.17. The van der Waals surface area contributed by atoms with Crippen molar-refractivity contribution in [3.05, 3.63) is 54.1 Å². The molecule has 0 bridgehead atoms. The van der Waals surface area contributed by atoms with Crippen LogP contribution in [0.25, 0.3) is 0 Å². The van der Waals surface area contributed by atoms with Crippen LogP contribution in [-0.4, -0.2) is 41.1 Å². The molecule has 2 aromatic rings. The molecule has 1 fully saturated rings. The summed E-state index contributed by atoms with van der Waals surface area (Å²) in [6.07, 6.45) is 1.47. The number of rotatable bonds is 4. The molecule has 0 radical (unpaired) electrons. The van der Waals surface area contributed by atoms with E-state index in [2.05, 4.69) is 5.32 Å². The first kappa shape index (κ1) is 17.6. The van der Waals surface area contributed by atoms with Gasteiger partial charge in [0.25, 0.3) is 5.91 Å². The Morgan fingerprint density at radius 3 is 2.42 bits per heavy atom. The zero-order valence-corrected chi connectivity index (χ0v) is 14.2. The van der Waals surface area contributed by atoms with Gasteiger partial charge in [0.15, 0.2) is 0 Å². The standard InChI is InChI=1S/C19H21N3O4/c20-19(25)21-14-6-4-13(5-7-14)18(24)22-10-8-16(9-11-22)26-17-3-1-2-15(23)12-17/h1-7,12,16,23H,8-11H2,(H3,20,21,25). The lowest BCUT2D eigenvalue weighted by Crippen LogP contribution is -2.41. The molecule has 1 saturated heterocycles. The molecule has 4 N–H and O–H groups in total. The largest absolute Gasteiger partial charge is 0.508 e. The molecule has 7 nitrogen and oxygen atoms in total. The highest BCUT2D eigenvalue weighted by Crippen LogP contribution is 2.23. The van der Waals surface area contributed by atoms with E-state index >= 15 is 0 Å². The molecule has 0 saturated carbocycles. The minimum Gasteiger partial charge on any atom is -0.508 e. The second-order valence-corrected chi connectivity index (χ2v) is 6.17. The minimum absolute atomic E-state index is 0.0167. The molecule has 0 aliphatic carbocycles. The fourth-order valence-electron chi connectivity index (χ4n) is 2.95. The van der Waals surface area contributed by atoms with Crippen LogP contribution in [0.4, 0.5) is 10.5 Å². The summed E-state index contributed by atoms with van der Waals surface area (Å²) in [6, 6.07) is 12.7. The molecule has 1 heterocycles. The van der Waals surface area contributed by atoms with Crippen molar-refractivity contribution in [1.82, 2.24) is 4.90 Å². The van der Waals surface area contributed by atoms with Gasteiger partial charge in [0.1, 0.15) is 17.6 Å². The smallest absolute Gasteiger partial charge is 0.316 e. The van der Waals surface area contributed by atoms with Gasteiger partial charge >= 0.3 is 6.03 Å². The highest BCUT2D eigenvalue weighted by molar-refractivity contribution is 5.95. The number of likely N-dealkylation sites (tertiary alicyclic amines) is 1. The topological polar surface area (TPSA) is 105 Å². The van der Waals surface area contributed by atoms with Gasteiger partial charge in [-0.1, -0.05) is 6.07 Å². The zero-order valence-electron chi connectivity index (χ0n) is 14.2. The van der Waals surface area contributed by atoms with Gasteiger partial charge in [-0.3, -0.25) is 4.79 Å². The number of primary amides is 1. The van der Waals surface area contributed by atoms with Crippen LogP contribution in [0.1, 0.15) is 23.2 Å². The highest BCUT2D eigenvalue weighted by atomic mass is 16.5. The molecule has 0 aromatic heterocycles. The Morgan fingerprint density at radius 1 is 1.12 bits per heavy atom. The minimum atomic E-state index is -0.641. The first-order chi connectivity index (χ1) is 12.5. The Balaban J connectivity index is 1.54. The van der Waals surface area contributed by atoms with Crippen LogP contribution < -0.4 is 15.8 Å². The SMILES string of the molecule is NC(=O)Nc1ccc(C(=O)N2CCC(Oc3cccc(O)c3)CC2)cc1. The van der Waals surface area contributed by atoms with Crippen LogP contribution in [0.2, 0.25) is 0 Å². The molecule has 2 aromatic carbocycles. The van der Waals surface area contributed by atoms with Crippen LogP contribution in [-0.2, 0) is 0 Å². The van der Waals surface area contributed by atoms with Crippen molar-refractivity contribution in [2.45, 2.75) is 18.9 Å². The van der Waals surface area contributed by atoms with Gasteiger partial charge in [0.05, 0.1) is 0 Å². The van der Waals surface area contributed by atoms with Crippen molar-refractivity contribution in [3.63, 3.8) is 0 Å². The summed E-state index contributed by atoms with van der Waals surface area (Å²) >= 11 is 0.